The van der Waals surface area contributed by atoms with Gasteiger partial charge in [0, 0.05) is 19.4 Å². The van der Waals surface area contributed by atoms with Gasteiger partial charge in [0.2, 0.25) is 0 Å². The van der Waals surface area contributed by atoms with E-state index in [1.54, 1.807) is 12.1 Å². The summed E-state index contributed by atoms with van der Waals surface area (Å²) in [5.41, 5.74) is 0.555. The summed E-state index contributed by atoms with van der Waals surface area (Å²) in [5, 5.41) is 2.41. The zero-order valence-electron chi connectivity index (χ0n) is 27.8. The Balaban J connectivity index is 1.95. The largest absolute Gasteiger partial charge is 0.459 e. The number of carbonyl (C=O) groups is 1. The Bertz CT molecular complexity index is 1280. The van der Waals surface area contributed by atoms with Gasteiger partial charge in [0.1, 0.15) is 6.10 Å². The summed E-state index contributed by atoms with van der Waals surface area (Å²) < 4.78 is 22.4. The van der Waals surface area contributed by atoms with Crippen molar-refractivity contribution in [3.05, 3.63) is 107 Å². The summed E-state index contributed by atoms with van der Waals surface area (Å²) in [7, 11) is -4.79. The number of carbonyl (C=O) groups excluding carboxylic acids is 1. The predicted octanol–water partition coefficient (Wildman–Crippen LogP) is 9.30. The lowest BCUT2D eigenvalue weighted by Gasteiger charge is -2.43. The van der Waals surface area contributed by atoms with Crippen LogP contribution in [0.15, 0.2) is 101 Å². The molecule has 0 bridgehead atoms. The minimum Gasteiger partial charge on any atom is -0.459 e. The van der Waals surface area contributed by atoms with Crippen LogP contribution in [0, 0.1) is 0 Å². The Labute approximate surface area is 282 Å². The molecule has 0 N–H and O–H groups in total. The van der Waals surface area contributed by atoms with Gasteiger partial charge in [0.25, 0.3) is 8.32 Å². The van der Waals surface area contributed by atoms with E-state index in [1.165, 1.54) is 10.4 Å². The van der Waals surface area contributed by atoms with Crippen molar-refractivity contribution in [3.63, 3.8) is 0 Å². The molecule has 7 heteroatoms. The van der Waals surface area contributed by atoms with E-state index in [-0.39, 0.29) is 28.3 Å². The van der Waals surface area contributed by atoms with Crippen LogP contribution in [0.1, 0.15) is 71.2 Å². The van der Waals surface area contributed by atoms with Crippen LogP contribution in [0.2, 0.25) is 23.2 Å². The maximum atomic E-state index is 13.4. The van der Waals surface area contributed by atoms with Gasteiger partial charge in [-0.1, -0.05) is 149 Å². The SMILES string of the molecule is CC(C)(C)[Si](C)(C)O[C@@H](C/C=C/I)C[C@@H](CCO[Si](c1ccccc1)(c1ccccc1)C(C)(C)C)OC(=O)c1ccccc1. The molecule has 238 valence electrons. The van der Waals surface area contributed by atoms with Gasteiger partial charge in [-0.25, -0.2) is 4.79 Å². The molecule has 0 unspecified atom stereocenters. The lowest BCUT2D eigenvalue weighted by Crippen LogP contribution is -2.66. The maximum Gasteiger partial charge on any atom is 0.338 e. The van der Waals surface area contributed by atoms with Gasteiger partial charge < -0.3 is 13.6 Å². The van der Waals surface area contributed by atoms with Crippen LogP contribution in [0.3, 0.4) is 0 Å². The molecular formula is C37H51IO4Si2. The molecule has 0 aliphatic carbocycles. The summed E-state index contributed by atoms with van der Waals surface area (Å²) in [6.45, 7) is 18.7. The lowest BCUT2D eigenvalue weighted by molar-refractivity contribution is 0.0102. The zero-order chi connectivity index (χ0) is 32.4. The third-order valence-electron chi connectivity index (χ3n) is 8.74. The molecule has 2 atom stereocenters. The molecule has 3 rings (SSSR count). The first-order valence-electron chi connectivity index (χ1n) is 15.7. The van der Waals surface area contributed by atoms with E-state index in [1.807, 2.05) is 22.3 Å². The molecule has 0 radical (unpaired) electrons. The van der Waals surface area contributed by atoms with Crippen molar-refractivity contribution >= 4 is 55.6 Å². The molecule has 4 nitrogen and oxygen atoms in total. The average molecular weight is 743 g/mol. The summed E-state index contributed by atoms with van der Waals surface area (Å²) in [6.07, 6.45) is 3.67. The number of rotatable bonds is 14. The van der Waals surface area contributed by atoms with Gasteiger partial charge >= 0.3 is 5.97 Å². The molecule has 44 heavy (non-hydrogen) atoms. The quantitative estimate of drug-likeness (QED) is 0.0939. The molecule has 0 aliphatic rings. The van der Waals surface area contributed by atoms with Crippen LogP contribution in [-0.2, 0) is 13.6 Å². The van der Waals surface area contributed by atoms with Crippen LogP contribution >= 0.6 is 22.6 Å². The van der Waals surface area contributed by atoms with Gasteiger partial charge in [-0.3, -0.25) is 0 Å². The molecule has 0 amide bonds. The first-order chi connectivity index (χ1) is 20.7. The second-order valence-electron chi connectivity index (χ2n) is 14.0. The number of hydrogen-bond donors (Lipinski definition) is 0. The van der Waals surface area contributed by atoms with Crippen molar-refractivity contribution in [1.82, 2.24) is 0 Å². The van der Waals surface area contributed by atoms with Crippen LogP contribution in [0.5, 0.6) is 0 Å². The molecule has 3 aromatic rings. The van der Waals surface area contributed by atoms with Gasteiger partial charge in [-0.15, -0.1) is 0 Å². The van der Waals surface area contributed by atoms with Crippen molar-refractivity contribution in [1.29, 1.82) is 0 Å². The molecular weight excluding hydrogens is 691 g/mol. The van der Waals surface area contributed by atoms with Crippen LogP contribution in [-0.4, -0.2) is 41.4 Å². The van der Waals surface area contributed by atoms with Crippen molar-refractivity contribution in [2.45, 2.75) is 96.2 Å². The molecule has 0 spiro atoms. The number of esters is 1. The molecule has 0 heterocycles. The van der Waals surface area contributed by atoms with E-state index in [4.69, 9.17) is 13.6 Å². The summed E-state index contributed by atoms with van der Waals surface area (Å²) in [5.74, 6) is -0.309. The Morgan fingerprint density at radius 1 is 0.773 bits per heavy atom. The van der Waals surface area contributed by atoms with Crippen molar-refractivity contribution in [3.8, 4) is 0 Å². The Kier molecular flexibility index (Phi) is 13.2. The van der Waals surface area contributed by atoms with E-state index in [2.05, 4.69) is 144 Å². The first kappa shape index (κ1) is 36.4. The van der Waals surface area contributed by atoms with E-state index >= 15 is 0 Å². The van der Waals surface area contributed by atoms with E-state index in [0.29, 0.717) is 25.0 Å². The third kappa shape index (κ3) is 9.48. The summed E-state index contributed by atoms with van der Waals surface area (Å²) in [4.78, 5) is 13.4. The topological polar surface area (TPSA) is 44.8 Å². The number of benzene rings is 3. The Morgan fingerprint density at radius 2 is 1.27 bits per heavy atom. The van der Waals surface area contributed by atoms with Gasteiger partial charge in [-0.05, 0) is 56.2 Å². The van der Waals surface area contributed by atoms with E-state index in [0.717, 1.165) is 6.42 Å². The molecule has 0 aliphatic heterocycles. The zero-order valence-corrected chi connectivity index (χ0v) is 32.0. The summed E-state index contributed by atoms with van der Waals surface area (Å²) in [6, 6.07) is 30.6. The monoisotopic (exact) mass is 742 g/mol. The van der Waals surface area contributed by atoms with Crippen molar-refractivity contribution in [2.75, 3.05) is 6.61 Å². The highest BCUT2D eigenvalue weighted by molar-refractivity contribution is 14.1. The highest BCUT2D eigenvalue weighted by Crippen LogP contribution is 2.39. The molecule has 0 fully saturated rings. The second-order valence-corrected chi connectivity index (χ2v) is 23.8. The minimum atomic E-state index is -2.72. The second kappa shape index (κ2) is 16.0. The number of halogens is 1. The molecule has 0 saturated carbocycles. The maximum absolute atomic E-state index is 13.4. The highest BCUT2D eigenvalue weighted by atomic mass is 127. The van der Waals surface area contributed by atoms with E-state index in [9.17, 15) is 4.79 Å². The Hall–Kier alpha value is -2.05. The van der Waals surface area contributed by atoms with Crippen LogP contribution in [0.25, 0.3) is 0 Å². The van der Waals surface area contributed by atoms with Crippen LogP contribution in [0.4, 0.5) is 0 Å². The highest BCUT2D eigenvalue weighted by Gasteiger charge is 2.50. The predicted molar refractivity (Wildman–Crippen MR) is 198 cm³/mol. The fourth-order valence-corrected chi connectivity index (χ4v) is 11.7. The lowest BCUT2D eigenvalue weighted by atomic mass is 10.1. The fraction of sp³-hybridized carbons (Fsp3) is 0.432. The normalized spacial score (nSPS) is 14.4. The number of hydrogen-bond acceptors (Lipinski definition) is 4. The first-order valence-corrected chi connectivity index (χ1v) is 21.7. The standard InChI is InChI=1S/C37H51IO4Si2/c1-36(2,3)43(7,8)42-32(21-18-27-38)29-31(41-35(39)30-19-12-9-13-20-30)26-28-40-44(37(4,5)6,33-22-14-10-15-23-33)34-24-16-11-17-25-34/h9-20,22-25,27,31-32H,21,26,28-29H2,1-8H3/b27-18+/t31-,32+/m1/s1. The van der Waals surface area contributed by atoms with E-state index < -0.39 is 16.6 Å². The molecule has 0 saturated heterocycles. The van der Waals surface area contributed by atoms with Crippen molar-refractivity contribution in [2.24, 2.45) is 0 Å². The average Bonchev–Trinajstić information content (AvgIpc) is 2.98. The summed E-state index contributed by atoms with van der Waals surface area (Å²) >= 11 is 2.26. The van der Waals surface area contributed by atoms with Crippen molar-refractivity contribution < 1.29 is 18.4 Å². The minimum absolute atomic E-state index is 0.0663. The molecule has 0 aromatic heterocycles. The molecule has 3 aromatic carbocycles. The number of ether oxygens (including phenoxy) is 1. The van der Waals surface area contributed by atoms with Gasteiger partial charge in [-0.2, -0.15) is 0 Å². The third-order valence-corrected chi connectivity index (χ3v) is 18.8. The van der Waals surface area contributed by atoms with Gasteiger partial charge in [0.15, 0.2) is 8.32 Å². The smallest absolute Gasteiger partial charge is 0.338 e. The van der Waals surface area contributed by atoms with Crippen LogP contribution < -0.4 is 10.4 Å². The van der Waals surface area contributed by atoms with Gasteiger partial charge in [0.05, 0.1) is 11.7 Å². The Morgan fingerprint density at radius 3 is 1.73 bits per heavy atom. The fourth-order valence-electron chi connectivity index (χ4n) is 5.41.